The van der Waals surface area contributed by atoms with Crippen LogP contribution in [0, 0.1) is 6.92 Å². The molecule has 0 spiro atoms. The van der Waals surface area contributed by atoms with E-state index in [1.165, 1.54) is 23.1 Å². The molecule has 0 aliphatic rings. The number of amides is 1. The van der Waals surface area contributed by atoms with E-state index in [0.29, 0.717) is 6.54 Å². The van der Waals surface area contributed by atoms with Crippen molar-refractivity contribution in [3.63, 3.8) is 0 Å². The van der Waals surface area contributed by atoms with Crippen LogP contribution in [0.3, 0.4) is 0 Å². The van der Waals surface area contributed by atoms with Gasteiger partial charge in [0.05, 0.1) is 5.25 Å². The summed E-state index contributed by atoms with van der Waals surface area (Å²) in [5.74, 6) is -0.00671. The lowest BCUT2D eigenvalue weighted by Crippen LogP contribution is -2.30. The second-order valence-corrected chi connectivity index (χ2v) is 5.65. The van der Waals surface area contributed by atoms with E-state index in [-0.39, 0.29) is 11.2 Å². The Labute approximate surface area is 97.2 Å². The van der Waals surface area contributed by atoms with Crippen LogP contribution in [0.25, 0.3) is 0 Å². The van der Waals surface area contributed by atoms with Crippen molar-refractivity contribution in [2.45, 2.75) is 23.4 Å². The molecule has 0 fully saturated rings. The van der Waals surface area contributed by atoms with Crippen LogP contribution in [-0.4, -0.2) is 27.9 Å². The van der Waals surface area contributed by atoms with E-state index < -0.39 is 0 Å². The zero-order valence-corrected chi connectivity index (χ0v) is 10.3. The van der Waals surface area contributed by atoms with Gasteiger partial charge in [0.25, 0.3) is 0 Å². The maximum absolute atomic E-state index is 11.5. The van der Waals surface area contributed by atoms with Crippen LogP contribution in [-0.2, 0) is 4.79 Å². The number of hydrogen-bond donors (Lipinski definition) is 1. The number of carbonyl (C=O) groups excluding carboxylic acids is 1. The van der Waals surface area contributed by atoms with Crippen molar-refractivity contribution in [3.05, 3.63) is 17.7 Å². The second kappa shape index (κ2) is 5.87. The van der Waals surface area contributed by atoms with Crippen molar-refractivity contribution in [1.29, 1.82) is 0 Å². The van der Waals surface area contributed by atoms with Gasteiger partial charge in [0.1, 0.15) is 5.01 Å². The molecule has 0 radical (unpaired) electrons. The lowest BCUT2D eigenvalue weighted by atomic mass is 10.4. The zero-order chi connectivity index (χ0) is 11.3. The molecule has 0 saturated carbocycles. The summed E-state index contributed by atoms with van der Waals surface area (Å²) in [5.41, 5.74) is 0. The summed E-state index contributed by atoms with van der Waals surface area (Å²) in [6, 6.07) is 0. The Balaban J connectivity index is 2.44. The molecule has 82 valence electrons. The number of aromatic nitrogens is 2. The zero-order valence-electron chi connectivity index (χ0n) is 8.69. The highest BCUT2D eigenvalue weighted by Crippen LogP contribution is 2.25. The van der Waals surface area contributed by atoms with Gasteiger partial charge in [-0.25, -0.2) is 0 Å². The van der Waals surface area contributed by atoms with Gasteiger partial charge in [-0.3, -0.25) is 4.79 Å². The molecule has 0 aliphatic carbocycles. The summed E-state index contributed by atoms with van der Waals surface area (Å²) in [4.78, 5) is 11.5. The molecular weight excluding hydrogens is 230 g/mol. The van der Waals surface area contributed by atoms with E-state index in [0.717, 1.165) is 9.35 Å². The second-order valence-electron chi connectivity index (χ2n) is 2.88. The van der Waals surface area contributed by atoms with Gasteiger partial charge in [-0.05, 0) is 13.8 Å². The quantitative estimate of drug-likeness (QED) is 0.631. The lowest BCUT2D eigenvalue weighted by Gasteiger charge is -2.07. The van der Waals surface area contributed by atoms with Gasteiger partial charge in [0.15, 0.2) is 4.34 Å². The molecular formula is C9H13N3OS2. The van der Waals surface area contributed by atoms with E-state index in [1.54, 1.807) is 6.08 Å². The largest absolute Gasteiger partial charge is 0.352 e. The highest BCUT2D eigenvalue weighted by Gasteiger charge is 2.15. The predicted octanol–water partition coefficient (Wildman–Crippen LogP) is 1.63. The smallest absolute Gasteiger partial charge is 0.233 e. The number of thioether (sulfide) groups is 1. The fourth-order valence-electron chi connectivity index (χ4n) is 0.847. The summed E-state index contributed by atoms with van der Waals surface area (Å²) in [5, 5.41) is 11.3. The average molecular weight is 243 g/mol. The lowest BCUT2D eigenvalue weighted by molar-refractivity contribution is -0.120. The van der Waals surface area contributed by atoms with Gasteiger partial charge in [0.2, 0.25) is 5.91 Å². The Hall–Kier alpha value is -0.880. The van der Waals surface area contributed by atoms with Gasteiger partial charge in [0, 0.05) is 6.54 Å². The first-order valence-corrected chi connectivity index (χ1v) is 6.18. The Bertz CT molecular complexity index is 351. The number of aryl methyl sites for hydroxylation is 1. The summed E-state index contributed by atoms with van der Waals surface area (Å²) < 4.78 is 0.828. The monoisotopic (exact) mass is 243 g/mol. The maximum atomic E-state index is 11.5. The third-order valence-electron chi connectivity index (χ3n) is 1.57. The van der Waals surface area contributed by atoms with Gasteiger partial charge in [-0.15, -0.1) is 16.8 Å². The molecule has 4 nitrogen and oxygen atoms in total. The number of hydrogen-bond acceptors (Lipinski definition) is 5. The third kappa shape index (κ3) is 4.01. The minimum atomic E-state index is -0.155. The van der Waals surface area contributed by atoms with Crippen LogP contribution < -0.4 is 5.32 Å². The standard InChI is InChI=1S/C9H13N3OS2/c1-4-5-10-8(13)6(2)14-9-12-11-7(3)15-9/h4,6H,1,5H2,2-3H3,(H,10,13). The first-order valence-electron chi connectivity index (χ1n) is 4.49. The molecule has 1 aromatic rings. The Morgan fingerprint density at radius 2 is 2.47 bits per heavy atom. The van der Waals surface area contributed by atoms with Gasteiger partial charge in [-0.1, -0.05) is 29.2 Å². The van der Waals surface area contributed by atoms with Crippen molar-refractivity contribution in [3.8, 4) is 0 Å². The van der Waals surface area contributed by atoms with Crippen LogP contribution in [0.4, 0.5) is 0 Å². The summed E-state index contributed by atoms with van der Waals surface area (Å²) in [6.45, 7) is 7.78. The number of nitrogens with one attached hydrogen (secondary N) is 1. The van der Waals surface area contributed by atoms with E-state index in [2.05, 4.69) is 22.1 Å². The van der Waals surface area contributed by atoms with Crippen molar-refractivity contribution >= 4 is 29.0 Å². The number of rotatable bonds is 5. The van der Waals surface area contributed by atoms with E-state index in [1.807, 2.05) is 13.8 Å². The summed E-state index contributed by atoms with van der Waals surface area (Å²) in [7, 11) is 0. The van der Waals surface area contributed by atoms with Crippen LogP contribution in [0.15, 0.2) is 17.0 Å². The normalized spacial score (nSPS) is 12.1. The summed E-state index contributed by atoms with van der Waals surface area (Å²) in [6.07, 6.45) is 1.66. The van der Waals surface area contributed by atoms with E-state index in [4.69, 9.17) is 0 Å². The summed E-state index contributed by atoms with van der Waals surface area (Å²) >= 11 is 2.92. The van der Waals surface area contributed by atoms with Crippen LogP contribution in [0.2, 0.25) is 0 Å². The number of carbonyl (C=O) groups is 1. The SMILES string of the molecule is C=CCNC(=O)C(C)Sc1nnc(C)s1. The minimum absolute atomic E-state index is 0.00671. The fraction of sp³-hybridized carbons (Fsp3) is 0.444. The highest BCUT2D eigenvalue weighted by atomic mass is 32.2. The molecule has 1 N–H and O–H groups in total. The van der Waals surface area contributed by atoms with Crippen LogP contribution >= 0.6 is 23.1 Å². The molecule has 1 unspecified atom stereocenters. The Morgan fingerprint density at radius 1 is 1.73 bits per heavy atom. The highest BCUT2D eigenvalue weighted by molar-refractivity contribution is 8.02. The van der Waals surface area contributed by atoms with Crippen LogP contribution in [0.5, 0.6) is 0 Å². The third-order valence-corrected chi connectivity index (χ3v) is 3.60. The molecule has 1 amide bonds. The van der Waals surface area contributed by atoms with Crippen molar-refractivity contribution in [1.82, 2.24) is 15.5 Å². The van der Waals surface area contributed by atoms with E-state index in [9.17, 15) is 4.79 Å². The Morgan fingerprint density at radius 3 is 3.00 bits per heavy atom. The molecule has 1 heterocycles. The predicted molar refractivity (Wildman–Crippen MR) is 63.2 cm³/mol. The fourth-order valence-corrected chi connectivity index (χ4v) is 2.83. The first kappa shape index (κ1) is 12.2. The molecule has 0 aromatic carbocycles. The molecule has 6 heteroatoms. The number of nitrogens with zero attached hydrogens (tertiary/aromatic N) is 2. The Kier molecular flexibility index (Phi) is 4.77. The maximum Gasteiger partial charge on any atom is 0.233 e. The van der Waals surface area contributed by atoms with Gasteiger partial charge in [-0.2, -0.15) is 0 Å². The molecule has 1 atom stereocenters. The molecule has 0 bridgehead atoms. The van der Waals surface area contributed by atoms with Gasteiger partial charge < -0.3 is 5.32 Å². The molecule has 1 rings (SSSR count). The van der Waals surface area contributed by atoms with Crippen molar-refractivity contribution < 1.29 is 4.79 Å². The van der Waals surface area contributed by atoms with Crippen LogP contribution in [0.1, 0.15) is 11.9 Å². The van der Waals surface area contributed by atoms with E-state index >= 15 is 0 Å². The topological polar surface area (TPSA) is 54.9 Å². The molecule has 1 aromatic heterocycles. The average Bonchev–Trinajstić information content (AvgIpc) is 2.60. The first-order chi connectivity index (χ1) is 7.13. The van der Waals surface area contributed by atoms with Gasteiger partial charge >= 0.3 is 0 Å². The molecule has 0 saturated heterocycles. The molecule has 15 heavy (non-hydrogen) atoms. The molecule has 0 aliphatic heterocycles. The van der Waals surface area contributed by atoms with Crippen molar-refractivity contribution in [2.24, 2.45) is 0 Å². The van der Waals surface area contributed by atoms with Crippen molar-refractivity contribution in [2.75, 3.05) is 6.54 Å². The minimum Gasteiger partial charge on any atom is -0.352 e.